The van der Waals surface area contributed by atoms with E-state index in [-0.39, 0.29) is 53.5 Å². The van der Waals surface area contributed by atoms with Crippen LogP contribution in [-0.2, 0) is 12.6 Å². The number of likely N-dealkylation sites (tertiary alicyclic amines) is 1. The number of nitrogens with zero attached hydrogens (tertiary/aromatic N) is 5. The van der Waals surface area contributed by atoms with E-state index < -0.39 is 35.4 Å². The van der Waals surface area contributed by atoms with Crippen LogP contribution in [0.5, 0.6) is 5.88 Å². The number of aromatic nitrogens is 4. The smallest absolute Gasteiger partial charge is 0.418 e. The van der Waals surface area contributed by atoms with Gasteiger partial charge in [-0.2, -0.15) is 18.3 Å². The van der Waals surface area contributed by atoms with Gasteiger partial charge < -0.3 is 15.8 Å². The minimum atomic E-state index is -4.75. The highest BCUT2D eigenvalue weighted by Crippen LogP contribution is 2.40. The average molecular weight is 574 g/mol. The maximum Gasteiger partial charge on any atom is 0.418 e. The summed E-state index contributed by atoms with van der Waals surface area (Å²) in [6, 6.07) is 5.81. The Bertz CT molecular complexity index is 1660. The van der Waals surface area contributed by atoms with Crippen molar-refractivity contribution in [2.24, 2.45) is 0 Å². The molecule has 2 aliphatic rings. The number of rotatable bonds is 5. The summed E-state index contributed by atoms with van der Waals surface area (Å²) in [6.45, 7) is 0.303. The predicted octanol–water partition coefficient (Wildman–Crippen LogP) is 3.98. The van der Waals surface area contributed by atoms with Crippen molar-refractivity contribution >= 4 is 17.2 Å². The van der Waals surface area contributed by atoms with Gasteiger partial charge in [0.25, 0.3) is 5.91 Å². The lowest BCUT2D eigenvalue weighted by Crippen LogP contribution is -2.41. The number of alkyl halides is 4. The summed E-state index contributed by atoms with van der Waals surface area (Å²) < 4.78 is 76.4. The third-order valence-corrected chi connectivity index (χ3v) is 7.66. The molecule has 1 aromatic carbocycles. The summed E-state index contributed by atoms with van der Waals surface area (Å²) in [7, 11) is 1.29. The SMILES string of the molecule is COc1ncc(-c2cc(C(F)(F)F)c3c(N)ncnn23)cc1C(=O)N[C@@H]1CN(C2CCc3cc(F)ccc32)C[C@@H]1F. The zero-order chi connectivity index (χ0) is 29.1. The summed E-state index contributed by atoms with van der Waals surface area (Å²) in [5.74, 6) is -1.48. The molecule has 0 saturated carbocycles. The average Bonchev–Trinajstić information content (AvgIpc) is 3.63. The van der Waals surface area contributed by atoms with Gasteiger partial charge in [0.2, 0.25) is 5.88 Å². The monoisotopic (exact) mass is 573 g/mol. The van der Waals surface area contributed by atoms with E-state index in [1.165, 1.54) is 31.5 Å². The lowest BCUT2D eigenvalue weighted by molar-refractivity contribution is -0.136. The molecule has 41 heavy (non-hydrogen) atoms. The molecule has 6 rings (SSSR count). The Morgan fingerprint density at radius 3 is 2.73 bits per heavy atom. The highest BCUT2D eigenvalue weighted by molar-refractivity contribution is 5.98. The van der Waals surface area contributed by atoms with E-state index in [4.69, 9.17) is 10.5 Å². The normalized spacial score (nSPS) is 20.9. The Hall–Kier alpha value is -4.33. The first-order valence-corrected chi connectivity index (χ1v) is 12.8. The number of pyridine rings is 1. The molecule has 3 atom stereocenters. The summed E-state index contributed by atoms with van der Waals surface area (Å²) in [5.41, 5.74) is 6.10. The molecule has 1 amide bonds. The molecule has 4 heterocycles. The number of carbonyl (C=O) groups is 1. The predicted molar refractivity (Wildman–Crippen MR) is 137 cm³/mol. The number of nitrogens with two attached hydrogens (primary N) is 1. The number of hydrogen-bond donors (Lipinski definition) is 2. The molecule has 3 N–H and O–H groups in total. The summed E-state index contributed by atoms with van der Waals surface area (Å²) in [5, 5.41) is 6.61. The van der Waals surface area contributed by atoms with Crippen LogP contribution in [0.15, 0.2) is 42.9 Å². The van der Waals surface area contributed by atoms with Crippen LogP contribution in [0.3, 0.4) is 0 Å². The summed E-state index contributed by atoms with van der Waals surface area (Å²) >= 11 is 0. The lowest BCUT2D eigenvalue weighted by atomic mass is 10.1. The Morgan fingerprint density at radius 2 is 1.98 bits per heavy atom. The number of methoxy groups -OCH3 is 1. The molecule has 1 fully saturated rings. The molecule has 4 aromatic rings. The highest BCUT2D eigenvalue weighted by atomic mass is 19.4. The van der Waals surface area contributed by atoms with Gasteiger partial charge in [0.1, 0.15) is 29.4 Å². The summed E-state index contributed by atoms with van der Waals surface area (Å²) in [6.07, 6.45) is -2.48. The van der Waals surface area contributed by atoms with Crippen LogP contribution in [-0.4, -0.2) is 62.8 Å². The molecule has 14 heteroatoms. The largest absolute Gasteiger partial charge is 0.480 e. The standard InChI is InChI=1S/C27H24F5N7O2/c1-41-26-17(7-14(9-34-26)22-8-18(27(30,31)32)23-24(33)35-12-36-39(22)23)25(40)37-20-11-38(10-19(20)29)21-5-2-13-6-15(28)3-4-16(13)21/h3-4,6-9,12,19-21H,2,5,10-11H2,1H3,(H,37,40)(H2,33,35,36)/t19-,20+,21?/m0/s1. The van der Waals surface area contributed by atoms with Gasteiger partial charge in [-0.15, -0.1) is 0 Å². The van der Waals surface area contributed by atoms with E-state index >= 15 is 4.39 Å². The van der Waals surface area contributed by atoms with Crippen molar-refractivity contribution in [3.05, 3.63) is 70.9 Å². The van der Waals surface area contributed by atoms with Gasteiger partial charge in [-0.1, -0.05) is 6.07 Å². The fourth-order valence-corrected chi connectivity index (χ4v) is 5.78. The van der Waals surface area contributed by atoms with Crippen LogP contribution in [0, 0.1) is 5.82 Å². The van der Waals surface area contributed by atoms with Gasteiger partial charge in [-0.25, -0.2) is 23.3 Å². The lowest BCUT2D eigenvalue weighted by Gasteiger charge is -2.24. The van der Waals surface area contributed by atoms with Gasteiger partial charge in [0, 0.05) is 30.9 Å². The number of nitrogens with one attached hydrogen (secondary N) is 1. The zero-order valence-electron chi connectivity index (χ0n) is 21.6. The van der Waals surface area contributed by atoms with Crippen LogP contribution in [0.25, 0.3) is 16.8 Å². The number of nitrogen functional groups attached to an aromatic ring is 1. The number of benzene rings is 1. The number of hydrogen-bond acceptors (Lipinski definition) is 7. The van der Waals surface area contributed by atoms with Crippen molar-refractivity contribution in [1.29, 1.82) is 0 Å². The Kier molecular flexibility index (Phi) is 6.52. The van der Waals surface area contributed by atoms with Gasteiger partial charge in [0.05, 0.1) is 24.4 Å². The molecule has 0 radical (unpaired) electrons. The molecule has 0 spiro atoms. The van der Waals surface area contributed by atoms with Crippen LogP contribution in [0.1, 0.15) is 39.5 Å². The molecular formula is C27H24F5N7O2. The number of amides is 1. The van der Waals surface area contributed by atoms with Crippen molar-refractivity contribution in [3.63, 3.8) is 0 Å². The molecule has 0 bridgehead atoms. The van der Waals surface area contributed by atoms with E-state index in [1.54, 1.807) is 6.07 Å². The second-order valence-electron chi connectivity index (χ2n) is 10.1. The first kappa shape index (κ1) is 26.9. The van der Waals surface area contributed by atoms with E-state index in [0.29, 0.717) is 12.8 Å². The maximum atomic E-state index is 15.2. The maximum absolute atomic E-state index is 15.2. The fourth-order valence-electron chi connectivity index (χ4n) is 5.78. The summed E-state index contributed by atoms with van der Waals surface area (Å²) in [4.78, 5) is 23.1. The minimum absolute atomic E-state index is 0.0302. The van der Waals surface area contributed by atoms with Crippen molar-refractivity contribution in [2.75, 3.05) is 25.9 Å². The van der Waals surface area contributed by atoms with Gasteiger partial charge in [-0.3, -0.25) is 9.69 Å². The number of halogens is 5. The zero-order valence-corrected chi connectivity index (χ0v) is 21.6. The number of anilines is 1. The van der Waals surface area contributed by atoms with E-state index in [9.17, 15) is 22.4 Å². The Labute approximate surface area is 230 Å². The molecule has 9 nitrogen and oxygen atoms in total. The molecular weight excluding hydrogens is 549 g/mol. The van der Waals surface area contributed by atoms with Crippen molar-refractivity contribution in [3.8, 4) is 17.1 Å². The van der Waals surface area contributed by atoms with Gasteiger partial charge >= 0.3 is 6.18 Å². The Balaban J connectivity index is 1.28. The second-order valence-corrected chi connectivity index (χ2v) is 10.1. The first-order chi connectivity index (χ1) is 19.5. The first-order valence-electron chi connectivity index (χ1n) is 12.8. The number of ether oxygens (including phenoxy) is 1. The molecule has 1 aliphatic heterocycles. The van der Waals surface area contributed by atoms with Crippen LogP contribution in [0.4, 0.5) is 27.8 Å². The second kappa shape index (κ2) is 9.94. The topological polar surface area (TPSA) is 111 Å². The van der Waals surface area contributed by atoms with E-state index in [0.717, 1.165) is 28.0 Å². The molecule has 214 valence electrons. The molecule has 3 aromatic heterocycles. The third-order valence-electron chi connectivity index (χ3n) is 7.66. The van der Waals surface area contributed by atoms with Crippen molar-refractivity contribution in [1.82, 2.24) is 29.8 Å². The molecule has 1 aliphatic carbocycles. The highest BCUT2D eigenvalue weighted by Gasteiger charge is 2.40. The third kappa shape index (κ3) is 4.71. The number of fused-ring (bicyclic) bond motifs is 2. The number of aryl methyl sites for hydroxylation is 1. The van der Waals surface area contributed by atoms with E-state index in [2.05, 4.69) is 20.4 Å². The van der Waals surface area contributed by atoms with Crippen LogP contribution >= 0.6 is 0 Å². The molecule has 1 unspecified atom stereocenters. The molecule has 1 saturated heterocycles. The van der Waals surface area contributed by atoms with Crippen molar-refractivity contribution in [2.45, 2.75) is 37.3 Å². The van der Waals surface area contributed by atoms with E-state index in [1.807, 2.05) is 4.90 Å². The number of carbonyl (C=O) groups excluding carboxylic acids is 1. The van der Waals surface area contributed by atoms with Gasteiger partial charge in [-0.05, 0) is 48.2 Å². The van der Waals surface area contributed by atoms with Crippen molar-refractivity contribution < 1.29 is 31.5 Å². The minimum Gasteiger partial charge on any atom is -0.480 e. The quantitative estimate of drug-likeness (QED) is 0.348. The van der Waals surface area contributed by atoms with Crippen LogP contribution in [0.2, 0.25) is 0 Å². The van der Waals surface area contributed by atoms with Crippen LogP contribution < -0.4 is 15.8 Å². The fraction of sp³-hybridized carbons (Fsp3) is 0.333. The van der Waals surface area contributed by atoms with Gasteiger partial charge in [0.15, 0.2) is 5.82 Å². The Morgan fingerprint density at radius 1 is 1.17 bits per heavy atom.